The highest BCUT2D eigenvalue weighted by atomic mass is 16.7. The summed E-state index contributed by atoms with van der Waals surface area (Å²) in [4.78, 5) is 20.4. The lowest BCUT2D eigenvalue weighted by Crippen LogP contribution is -2.32. The minimum Gasteiger partial charge on any atom is -0.442 e. The zero-order valence-electron chi connectivity index (χ0n) is 10.2. The molecular weight excluding hydrogens is 212 g/mol. The zero-order valence-corrected chi connectivity index (χ0v) is 10.2. The highest BCUT2D eigenvalue weighted by Gasteiger charge is 2.15. The van der Waals surface area contributed by atoms with E-state index in [9.17, 15) is 4.79 Å². The first-order chi connectivity index (χ1) is 7.45. The van der Waals surface area contributed by atoms with Gasteiger partial charge in [-0.2, -0.15) is 5.48 Å². The maximum absolute atomic E-state index is 11.1. The number of hydrogen-bond acceptors (Lipinski definition) is 5. The Balaban J connectivity index is 3.28. The smallest absolute Gasteiger partial charge is 0.431 e. The third-order valence-corrected chi connectivity index (χ3v) is 1.56. The summed E-state index contributed by atoms with van der Waals surface area (Å²) < 4.78 is 4.97. The molecule has 0 spiro atoms. The molecule has 16 heavy (non-hydrogen) atoms. The molecular formula is C10H22N2O4. The lowest BCUT2D eigenvalue weighted by Gasteiger charge is -2.19. The van der Waals surface area contributed by atoms with Crippen molar-refractivity contribution >= 4 is 6.09 Å². The van der Waals surface area contributed by atoms with Gasteiger partial charge in [-0.05, 0) is 40.0 Å². The molecule has 96 valence electrons. The molecule has 0 aromatic carbocycles. The first-order valence-corrected chi connectivity index (χ1v) is 5.38. The predicted molar refractivity (Wildman–Crippen MR) is 59.3 cm³/mol. The third-order valence-electron chi connectivity index (χ3n) is 1.56. The minimum atomic E-state index is -0.571. The second-order valence-electron chi connectivity index (χ2n) is 4.38. The van der Waals surface area contributed by atoms with Crippen molar-refractivity contribution in [2.24, 2.45) is 5.90 Å². The quantitative estimate of drug-likeness (QED) is 0.515. The fourth-order valence-electron chi connectivity index (χ4n) is 0.945. The zero-order chi connectivity index (χ0) is 12.4. The van der Waals surface area contributed by atoms with Gasteiger partial charge in [0.05, 0.1) is 13.2 Å². The van der Waals surface area contributed by atoms with Gasteiger partial charge in [0.2, 0.25) is 0 Å². The molecule has 0 fully saturated rings. The van der Waals surface area contributed by atoms with Crippen LogP contribution < -0.4 is 11.4 Å². The molecule has 0 saturated carbocycles. The van der Waals surface area contributed by atoms with E-state index in [-0.39, 0.29) is 0 Å². The predicted octanol–water partition coefficient (Wildman–Crippen LogP) is 1.50. The molecule has 0 aromatic heterocycles. The van der Waals surface area contributed by atoms with Crippen LogP contribution in [0.4, 0.5) is 4.79 Å². The Morgan fingerprint density at radius 2 is 1.81 bits per heavy atom. The fourth-order valence-corrected chi connectivity index (χ4v) is 0.945. The maximum Gasteiger partial charge on any atom is 0.431 e. The number of rotatable bonds is 7. The molecule has 0 aliphatic rings. The van der Waals surface area contributed by atoms with Crippen molar-refractivity contribution < 1.29 is 19.2 Å². The molecule has 0 bridgehead atoms. The first kappa shape index (κ1) is 15.2. The van der Waals surface area contributed by atoms with Gasteiger partial charge in [-0.1, -0.05) is 0 Å². The van der Waals surface area contributed by atoms with Crippen LogP contribution in [0.15, 0.2) is 0 Å². The Morgan fingerprint density at radius 3 is 2.38 bits per heavy atom. The van der Waals surface area contributed by atoms with Crippen molar-refractivity contribution in [2.45, 2.75) is 45.6 Å². The van der Waals surface area contributed by atoms with Gasteiger partial charge in [-0.15, -0.1) is 0 Å². The Labute approximate surface area is 96.3 Å². The monoisotopic (exact) mass is 234 g/mol. The standard InChI is InChI=1S/C10H22N2O4/c1-10(2,3)16-9(13)12-15-8-6-4-5-7-14-11/h4-8,11H2,1-3H3,(H,12,13). The molecule has 0 atom stereocenters. The van der Waals surface area contributed by atoms with Crippen LogP contribution in [0.25, 0.3) is 0 Å². The SMILES string of the molecule is CC(C)(C)OC(=O)NOCCCCCON. The largest absolute Gasteiger partial charge is 0.442 e. The van der Waals surface area contributed by atoms with E-state index in [1.807, 2.05) is 0 Å². The molecule has 0 aliphatic heterocycles. The lowest BCUT2D eigenvalue weighted by molar-refractivity contribution is -0.00891. The number of amides is 1. The summed E-state index contributed by atoms with van der Waals surface area (Å²) in [5, 5.41) is 0. The maximum atomic E-state index is 11.1. The lowest BCUT2D eigenvalue weighted by atomic mass is 10.2. The molecule has 3 N–H and O–H groups in total. The molecule has 0 unspecified atom stereocenters. The average Bonchev–Trinajstić information content (AvgIpc) is 2.13. The summed E-state index contributed by atoms with van der Waals surface area (Å²) in [5.41, 5.74) is 1.70. The Morgan fingerprint density at radius 1 is 1.19 bits per heavy atom. The van der Waals surface area contributed by atoms with Crippen LogP contribution in [0, 0.1) is 0 Å². The molecule has 0 aromatic rings. The van der Waals surface area contributed by atoms with Gasteiger partial charge in [0.15, 0.2) is 0 Å². The highest BCUT2D eigenvalue weighted by molar-refractivity contribution is 5.66. The molecule has 0 saturated heterocycles. The number of carbonyl (C=O) groups is 1. The second kappa shape index (κ2) is 8.32. The van der Waals surface area contributed by atoms with Crippen LogP contribution in [-0.4, -0.2) is 24.9 Å². The molecule has 0 rings (SSSR count). The normalized spacial score (nSPS) is 11.2. The van der Waals surface area contributed by atoms with Crippen molar-refractivity contribution in [3.63, 3.8) is 0 Å². The van der Waals surface area contributed by atoms with Crippen molar-refractivity contribution in [1.82, 2.24) is 5.48 Å². The van der Waals surface area contributed by atoms with E-state index in [1.165, 1.54) is 0 Å². The van der Waals surface area contributed by atoms with Gasteiger partial charge in [0.25, 0.3) is 0 Å². The third kappa shape index (κ3) is 11.2. The average molecular weight is 234 g/mol. The van der Waals surface area contributed by atoms with E-state index in [0.717, 1.165) is 19.3 Å². The summed E-state index contributed by atoms with van der Waals surface area (Å²) in [7, 11) is 0. The Hall–Kier alpha value is -0.850. The minimum absolute atomic E-state index is 0.448. The van der Waals surface area contributed by atoms with E-state index in [4.69, 9.17) is 15.5 Å². The van der Waals surface area contributed by atoms with E-state index in [2.05, 4.69) is 10.3 Å². The molecule has 6 nitrogen and oxygen atoms in total. The number of unbranched alkanes of at least 4 members (excludes halogenated alkanes) is 2. The van der Waals surface area contributed by atoms with Gasteiger partial charge in [0, 0.05) is 0 Å². The van der Waals surface area contributed by atoms with Crippen LogP contribution >= 0.6 is 0 Å². The second-order valence-corrected chi connectivity index (χ2v) is 4.38. The molecule has 6 heteroatoms. The van der Waals surface area contributed by atoms with Crippen molar-refractivity contribution in [3.8, 4) is 0 Å². The van der Waals surface area contributed by atoms with E-state index in [1.54, 1.807) is 20.8 Å². The van der Waals surface area contributed by atoms with Crippen LogP contribution in [0.1, 0.15) is 40.0 Å². The number of carbonyl (C=O) groups excluding carboxylic acids is 1. The number of ether oxygens (including phenoxy) is 1. The molecule has 0 heterocycles. The van der Waals surface area contributed by atoms with Crippen LogP contribution in [0.5, 0.6) is 0 Å². The van der Waals surface area contributed by atoms with E-state index < -0.39 is 11.7 Å². The summed E-state index contributed by atoms with van der Waals surface area (Å²) in [5.74, 6) is 4.86. The number of hydrogen-bond donors (Lipinski definition) is 2. The number of nitrogens with two attached hydrogens (primary N) is 1. The van der Waals surface area contributed by atoms with Gasteiger partial charge in [0.1, 0.15) is 5.60 Å². The Kier molecular flexibility index (Phi) is 7.88. The van der Waals surface area contributed by atoms with Crippen molar-refractivity contribution in [3.05, 3.63) is 0 Å². The van der Waals surface area contributed by atoms with Gasteiger partial charge < -0.3 is 9.57 Å². The summed E-state index contributed by atoms with van der Waals surface area (Å²) in [6.07, 6.45) is 2.08. The van der Waals surface area contributed by atoms with Gasteiger partial charge >= 0.3 is 6.09 Å². The molecule has 1 amide bonds. The summed E-state index contributed by atoms with van der Waals surface area (Å²) >= 11 is 0. The van der Waals surface area contributed by atoms with Crippen LogP contribution in [-0.2, 0) is 14.4 Å². The Bertz CT molecular complexity index is 192. The first-order valence-electron chi connectivity index (χ1n) is 5.38. The van der Waals surface area contributed by atoms with Gasteiger partial charge in [-0.25, -0.2) is 10.7 Å². The van der Waals surface area contributed by atoms with E-state index >= 15 is 0 Å². The fraction of sp³-hybridized carbons (Fsp3) is 0.900. The van der Waals surface area contributed by atoms with E-state index in [0.29, 0.717) is 13.2 Å². The summed E-state index contributed by atoms with van der Waals surface area (Å²) in [6, 6.07) is 0. The van der Waals surface area contributed by atoms with Gasteiger partial charge in [-0.3, -0.25) is 4.84 Å². The van der Waals surface area contributed by atoms with Crippen molar-refractivity contribution in [1.29, 1.82) is 0 Å². The number of nitrogens with one attached hydrogen (secondary N) is 1. The summed E-state index contributed by atoms with van der Waals surface area (Å²) in [6.45, 7) is 6.36. The van der Waals surface area contributed by atoms with Crippen LogP contribution in [0.2, 0.25) is 0 Å². The topological polar surface area (TPSA) is 82.8 Å². The molecule has 0 aliphatic carbocycles. The van der Waals surface area contributed by atoms with Crippen molar-refractivity contribution in [2.75, 3.05) is 13.2 Å². The molecule has 0 radical (unpaired) electrons. The highest BCUT2D eigenvalue weighted by Crippen LogP contribution is 2.06. The van der Waals surface area contributed by atoms with Crippen LogP contribution in [0.3, 0.4) is 0 Å². The number of hydroxylamine groups is 1.